The largest absolute Gasteiger partial charge is 0.299 e. The van der Waals surface area contributed by atoms with Gasteiger partial charge in [0.05, 0.1) is 11.5 Å². The van der Waals surface area contributed by atoms with Crippen molar-refractivity contribution in [2.75, 3.05) is 24.6 Å². The van der Waals surface area contributed by atoms with Gasteiger partial charge in [0.25, 0.3) is 5.92 Å². The number of hydrogen-bond donors (Lipinski definition) is 0. The number of rotatable bonds is 1. The highest BCUT2D eigenvalue weighted by atomic mass is 32.2. The van der Waals surface area contributed by atoms with E-state index in [2.05, 4.69) is 0 Å². The van der Waals surface area contributed by atoms with Gasteiger partial charge in [-0.05, 0) is 6.42 Å². The molecule has 0 aliphatic carbocycles. The van der Waals surface area contributed by atoms with Gasteiger partial charge in [0.1, 0.15) is 0 Å². The number of piperidine rings is 1. The molecule has 0 amide bonds. The summed E-state index contributed by atoms with van der Waals surface area (Å²) in [6.07, 6.45) is 0.334. The molecule has 2 rings (SSSR count). The molecule has 88 valence electrons. The third-order valence-corrected chi connectivity index (χ3v) is 5.00. The Kier molecular flexibility index (Phi) is 2.75. The van der Waals surface area contributed by atoms with Gasteiger partial charge in [-0.25, -0.2) is 17.2 Å². The second-order valence-electron chi connectivity index (χ2n) is 4.45. The summed E-state index contributed by atoms with van der Waals surface area (Å²) in [5.74, 6) is -2.18. The van der Waals surface area contributed by atoms with Crippen LogP contribution in [0, 0.1) is 0 Å². The molecule has 0 bridgehead atoms. The van der Waals surface area contributed by atoms with E-state index in [0.29, 0.717) is 19.5 Å². The Bertz CT molecular complexity index is 332. The van der Waals surface area contributed by atoms with E-state index in [9.17, 15) is 17.2 Å². The molecule has 6 heteroatoms. The number of hydrogen-bond acceptors (Lipinski definition) is 3. The first-order valence-electron chi connectivity index (χ1n) is 5.20. The Hall–Kier alpha value is -0.230. The van der Waals surface area contributed by atoms with Gasteiger partial charge < -0.3 is 0 Å². The first-order chi connectivity index (χ1) is 6.88. The fourth-order valence-corrected chi connectivity index (χ4v) is 4.04. The number of alkyl halides is 2. The number of sulfone groups is 1. The quantitative estimate of drug-likeness (QED) is 0.682. The predicted molar refractivity (Wildman–Crippen MR) is 52.8 cm³/mol. The van der Waals surface area contributed by atoms with Gasteiger partial charge >= 0.3 is 0 Å². The molecule has 2 heterocycles. The van der Waals surface area contributed by atoms with Crippen molar-refractivity contribution in [3.8, 4) is 0 Å². The van der Waals surface area contributed by atoms with Crippen LogP contribution in [0.2, 0.25) is 0 Å². The van der Waals surface area contributed by atoms with Gasteiger partial charge in [-0.3, -0.25) is 4.90 Å². The zero-order chi connectivity index (χ0) is 11.1. The molecule has 2 saturated heterocycles. The zero-order valence-corrected chi connectivity index (χ0v) is 9.27. The topological polar surface area (TPSA) is 37.4 Å². The molecule has 3 nitrogen and oxygen atoms in total. The molecule has 0 N–H and O–H groups in total. The van der Waals surface area contributed by atoms with Crippen molar-refractivity contribution in [3.05, 3.63) is 0 Å². The second kappa shape index (κ2) is 3.66. The van der Waals surface area contributed by atoms with Crippen LogP contribution in [0.4, 0.5) is 8.78 Å². The van der Waals surface area contributed by atoms with Crippen LogP contribution in [0.5, 0.6) is 0 Å². The van der Waals surface area contributed by atoms with Crippen LogP contribution in [0.1, 0.15) is 19.3 Å². The van der Waals surface area contributed by atoms with Gasteiger partial charge in [0.2, 0.25) is 0 Å². The zero-order valence-electron chi connectivity index (χ0n) is 8.45. The molecule has 1 unspecified atom stereocenters. The molecule has 0 radical (unpaired) electrons. The molecule has 2 aliphatic rings. The van der Waals surface area contributed by atoms with E-state index < -0.39 is 15.8 Å². The van der Waals surface area contributed by atoms with Crippen molar-refractivity contribution in [2.45, 2.75) is 31.2 Å². The van der Waals surface area contributed by atoms with Crippen molar-refractivity contribution in [1.82, 2.24) is 4.90 Å². The molecule has 0 aromatic rings. The van der Waals surface area contributed by atoms with E-state index >= 15 is 0 Å². The van der Waals surface area contributed by atoms with E-state index in [0.717, 1.165) is 0 Å². The summed E-state index contributed by atoms with van der Waals surface area (Å²) in [7, 11) is -2.90. The predicted octanol–water partition coefficient (Wildman–Crippen LogP) is 0.905. The molecule has 2 fully saturated rings. The molecule has 0 saturated carbocycles. The third kappa shape index (κ3) is 2.66. The average Bonchev–Trinajstić information content (AvgIpc) is 2.46. The van der Waals surface area contributed by atoms with E-state index in [-0.39, 0.29) is 30.4 Å². The van der Waals surface area contributed by atoms with Gasteiger partial charge in [-0.1, -0.05) is 0 Å². The van der Waals surface area contributed by atoms with Crippen LogP contribution in [0.15, 0.2) is 0 Å². The summed E-state index contributed by atoms with van der Waals surface area (Å²) in [5, 5.41) is 0. The third-order valence-electron chi connectivity index (χ3n) is 3.25. The summed E-state index contributed by atoms with van der Waals surface area (Å²) in [6.45, 7) is 0.653. The van der Waals surface area contributed by atoms with Gasteiger partial charge in [0, 0.05) is 32.0 Å². The second-order valence-corrected chi connectivity index (χ2v) is 6.68. The summed E-state index contributed by atoms with van der Waals surface area (Å²) in [5.41, 5.74) is 0. The highest BCUT2D eigenvalue weighted by molar-refractivity contribution is 7.91. The Morgan fingerprint density at radius 2 is 1.80 bits per heavy atom. The van der Waals surface area contributed by atoms with Crippen molar-refractivity contribution in [1.29, 1.82) is 0 Å². The maximum Gasteiger partial charge on any atom is 0.250 e. The lowest BCUT2D eigenvalue weighted by molar-refractivity contribution is -0.0610. The van der Waals surface area contributed by atoms with Crippen LogP contribution in [0.3, 0.4) is 0 Å². The highest BCUT2D eigenvalue weighted by Crippen LogP contribution is 2.30. The lowest BCUT2D eigenvalue weighted by atomic mass is 10.0. The number of likely N-dealkylation sites (tertiary alicyclic amines) is 1. The van der Waals surface area contributed by atoms with Crippen molar-refractivity contribution >= 4 is 9.84 Å². The Morgan fingerprint density at radius 1 is 1.20 bits per heavy atom. The smallest absolute Gasteiger partial charge is 0.250 e. The Labute approximate surface area is 88.4 Å². The summed E-state index contributed by atoms with van der Waals surface area (Å²) >= 11 is 0. The van der Waals surface area contributed by atoms with Gasteiger partial charge in [0.15, 0.2) is 9.84 Å². The Balaban J connectivity index is 1.92. The minimum Gasteiger partial charge on any atom is -0.299 e. The average molecular weight is 239 g/mol. The molecule has 0 aromatic heterocycles. The van der Waals surface area contributed by atoms with Crippen LogP contribution >= 0.6 is 0 Å². The highest BCUT2D eigenvalue weighted by Gasteiger charge is 2.39. The Morgan fingerprint density at radius 3 is 2.27 bits per heavy atom. The number of nitrogens with zero attached hydrogens (tertiary/aromatic N) is 1. The van der Waals surface area contributed by atoms with Gasteiger partial charge in [-0.15, -0.1) is 0 Å². The van der Waals surface area contributed by atoms with Crippen LogP contribution in [-0.2, 0) is 9.84 Å². The van der Waals surface area contributed by atoms with Crippen molar-refractivity contribution in [3.63, 3.8) is 0 Å². The molecule has 1 atom stereocenters. The normalized spacial score (nSPS) is 35.5. The first kappa shape index (κ1) is 11.3. The molecule has 0 spiro atoms. The maximum atomic E-state index is 12.9. The summed E-state index contributed by atoms with van der Waals surface area (Å²) in [6, 6.07) is -0.0221. The fraction of sp³-hybridized carbons (Fsp3) is 1.00. The maximum absolute atomic E-state index is 12.9. The molecule has 0 aromatic carbocycles. The van der Waals surface area contributed by atoms with Crippen LogP contribution < -0.4 is 0 Å². The van der Waals surface area contributed by atoms with Gasteiger partial charge in [-0.2, -0.15) is 0 Å². The van der Waals surface area contributed by atoms with E-state index in [4.69, 9.17) is 0 Å². The molecular weight excluding hydrogens is 224 g/mol. The van der Waals surface area contributed by atoms with Crippen molar-refractivity contribution in [2.24, 2.45) is 0 Å². The van der Waals surface area contributed by atoms with E-state index in [1.165, 1.54) is 0 Å². The molecular formula is C9H15F2NO2S. The van der Waals surface area contributed by atoms with Crippen LogP contribution in [-0.4, -0.2) is 49.9 Å². The SMILES string of the molecule is O=S1(=O)CCC(N2CCC(F)(F)CC2)C1. The van der Waals surface area contributed by atoms with Crippen LogP contribution in [0.25, 0.3) is 0 Å². The van der Waals surface area contributed by atoms with E-state index in [1.807, 2.05) is 4.90 Å². The minimum atomic E-state index is -2.90. The fourth-order valence-electron chi connectivity index (χ4n) is 2.28. The standard InChI is InChI=1S/C9H15F2NO2S/c10-9(11)2-4-12(5-3-9)8-1-6-15(13,14)7-8/h8H,1-7H2. The number of halogens is 2. The van der Waals surface area contributed by atoms with E-state index in [1.54, 1.807) is 0 Å². The first-order valence-corrected chi connectivity index (χ1v) is 7.02. The lowest BCUT2D eigenvalue weighted by Crippen LogP contribution is -2.45. The lowest BCUT2D eigenvalue weighted by Gasteiger charge is -2.35. The molecule has 15 heavy (non-hydrogen) atoms. The minimum absolute atomic E-state index is 0.0221. The summed E-state index contributed by atoms with van der Waals surface area (Å²) in [4.78, 5) is 1.90. The molecule has 2 aliphatic heterocycles. The summed E-state index contributed by atoms with van der Waals surface area (Å²) < 4.78 is 48.2. The van der Waals surface area contributed by atoms with Crippen molar-refractivity contribution < 1.29 is 17.2 Å². The monoisotopic (exact) mass is 239 g/mol.